The van der Waals surface area contributed by atoms with Crippen molar-refractivity contribution >= 4 is 38.3 Å². The number of aromatic nitrogens is 1. The van der Waals surface area contributed by atoms with Crippen LogP contribution in [0.5, 0.6) is 5.75 Å². The molecule has 0 aliphatic rings. The molecule has 4 rings (SSSR count). The Balaban J connectivity index is 1.48. The van der Waals surface area contributed by atoms with Gasteiger partial charge in [-0.3, -0.25) is 0 Å². The maximum absolute atomic E-state index is 6.49. The first-order chi connectivity index (χ1) is 14.2. The molecule has 0 radical (unpaired) electrons. The van der Waals surface area contributed by atoms with E-state index in [-0.39, 0.29) is 0 Å². The third-order valence-corrected chi connectivity index (χ3v) is 5.95. The van der Waals surface area contributed by atoms with Crippen molar-refractivity contribution in [3.8, 4) is 5.75 Å². The summed E-state index contributed by atoms with van der Waals surface area (Å²) < 4.78 is 7.05. The molecule has 0 aliphatic heterocycles. The highest BCUT2D eigenvalue weighted by Crippen LogP contribution is 2.31. The molecular weight excluding hydrogens is 402 g/mol. The summed E-state index contributed by atoms with van der Waals surface area (Å²) in [5, 5.41) is 1.58. The van der Waals surface area contributed by atoms with Crippen LogP contribution in [0.2, 0.25) is 5.02 Å². The summed E-state index contributed by atoms with van der Waals surface area (Å²) in [7, 11) is 0. The zero-order valence-electron chi connectivity index (χ0n) is 15.9. The van der Waals surface area contributed by atoms with E-state index in [1.165, 1.54) is 4.70 Å². The molecule has 29 heavy (non-hydrogen) atoms. The average molecular weight is 424 g/mol. The van der Waals surface area contributed by atoms with Crippen molar-refractivity contribution in [1.29, 1.82) is 0 Å². The molecule has 0 saturated carbocycles. The largest absolute Gasteiger partial charge is 0.487 e. The molecule has 4 nitrogen and oxygen atoms in total. The maximum atomic E-state index is 6.49. The smallest absolute Gasteiger partial charge is 0.186 e. The first-order valence-electron chi connectivity index (χ1n) is 9.48. The molecule has 0 atom stereocenters. The van der Waals surface area contributed by atoms with Crippen LogP contribution in [-0.4, -0.2) is 18.1 Å². The Bertz CT molecular complexity index is 1050. The van der Waals surface area contributed by atoms with Crippen molar-refractivity contribution in [3.63, 3.8) is 0 Å². The molecule has 6 heteroatoms. The molecule has 0 bridgehead atoms. The van der Waals surface area contributed by atoms with Crippen molar-refractivity contribution in [3.05, 3.63) is 88.9 Å². The zero-order chi connectivity index (χ0) is 20.1. The molecule has 0 amide bonds. The second-order valence-electron chi connectivity index (χ2n) is 6.71. The van der Waals surface area contributed by atoms with Crippen LogP contribution in [-0.2, 0) is 13.2 Å². The number of para-hydroxylation sites is 1. The molecular formula is C23H22ClN3OS. The lowest BCUT2D eigenvalue weighted by Crippen LogP contribution is -2.28. The standard InChI is InChI=1S/C23H22ClN3OS/c24-19-14-18(10-11-21(19)28-16-17-6-2-1-3-7-17)15-27(13-12-25)23-26-20-8-4-5-9-22(20)29-23/h1-11,14H,12-13,15-16,25H2. The Morgan fingerprint density at radius 3 is 2.52 bits per heavy atom. The molecule has 0 unspecified atom stereocenters. The normalized spacial score (nSPS) is 11.0. The van der Waals surface area contributed by atoms with Crippen LogP contribution in [0.4, 0.5) is 5.13 Å². The molecule has 4 aromatic rings. The lowest BCUT2D eigenvalue weighted by Gasteiger charge is -2.21. The number of anilines is 1. The van der Waals surface area contributed by atoms with E-state index in [0.717, 1.165) is 28.3 Å². The highest BCUT2D eigenvalue weighted by molar-refractivity contribution is 7.22. The molecule has 0 spiro atoms. The fourth-order valence-electron chi connectivity index (χ4n) is 3.11. The average Bonchev–Trinajstić information content (AvgIpc) is 3.18. The number of benzene rings is 3. The number of halogens is 1. The van der Waals surface area contributed by atoms with Crippen molar-refractivity contribution in [2.75, 3.05) is 18.0 Å². The Kier molecular flexibility index (Phi) is 6.30. The molecule has 0 saturated heterocycles. The van der Waals surface area contributed by atoms with Crippen LogP contribution >= 0.6 is 22.9 Å². The van der Waals surface area contributed by atoms with Crippen LogP contribution < -0.4 is 15.4 Å². The number of nitrogens with zero attached hydrogens (tertiary/aromatic N) is 2. The topological polar surface area (TPSA) is 51.4 Å². The number of thiazole rings is 1. The minimum atomic E-state index is 0.491. The minimum absolute atomic E-state index is 0.491. The molecule has 1 aromatic heterocycles. The van der Waals surface area contributed by atoms with Gasteiger partial charge in [-0.15, -0.1) is 0 Å². The van der Waals surface area contributed by atoms with Crippen LogP contribution in [0.1, 0.15) is 11.1 Å². The van der Waals surface area contributed by atoms with Crippen LogP contribution in [0.25, 0.3) is 10.2 Å². The zero-order valence-corrected chi connectivity index (χ0v) is 17.5. The minimum Gasteiger partial charge on any atom is -0.487 e. The van der Waals surface area contributed by atoms with Gasteiger partial charge in [0.25, 0.3) is 0 Å². The van der Waals surface area contributed by atoms with Gasteiger partial charge in [-0.2, -0.15) is 0 Å². The SMILES string of the molecule is NCCN(Cc1ccc(OCc2ccccc2)c(Cl)c1)c1nc2ccccc2s1. The van der Waals surface area contributed by atoms with E-state index in [1.54, 1.807) is 11.3 Å². The summed E-state index contributed by atoms with van der Waals surface area (Å²) in [6, 6.07) is 24.1. The van der Waals surface area contributed by atoms with Gasteiger partial charge in [-0.1, -0.05) is 71.5 Å². The van der Waals surface area contributed by atoms with Crippen LogP contribution in [0, 0.1) is 0 Å². The molecule has 1 heterocycles. The quantitative estimate of drug-likeness (QED) is 0.407. The fraction of sp³-hybridized carbons (Fsp3) is 0.174. The van der Waals surface area contributed by atoms with E-state index in [4.69, 9.17) is 27.1 Å². The molecule has 2 N–H and O–H groups in total. The van der Waals surface area contributed by atoms with E-state index in [9.17, 15) is 0 Å². The van der Waals surface area contributed by atoms with E-state index in [1.807, 2.05) is 66.7 Å². The highest BCUT2D eigenvalue weighted by atomic mass is 35.5. The van der Waals surface area contributed by atoms with E-state index in [2.05, 4.69) is 11.0 Å². The molecule has 0 fully saturated rings. The van der Waals surface area contributed by atoms with Crippen LogP contribution in [0.3, 0.4) is 0 Å². The van der Waals surface area contributed by atoms with E-state index < -0.39 is 0 Å². The number of hydrogen-bond donors (Lipinski definition) is 1. The van der Waals surface area contributed by atoms with Gasteiger partial charge < -0.3 is 15.4 Å². The first kappa shape index (κ1) is 19.7. The summed E-state index contributed by atoms with van der Waals surface area (Å²) in [6.45, 7) is 2.46. The summed E-state index contributed by atoms with van der Waals surface area (Å²) in [6.07, 6.45) is 0. The summed E-state index contributed by atoms with van der Waals surface area (Å²) >= 11 is 8.16. The van der Waals surface area contributed by atoms with E-state index >= 15 is 0 Å². The van der Waals surface area contributed by atoms with Crippen LogP contribution in [0.15, 0.2) is 72.8 Å². The van der Waals surface area contributed by atoms with Crippen molar-refractivity contribution in [1.82, 2.24) is 4.98 Å². The molecule has 148 valence electrons. The van der Waals surface area contributed by atoms with Gasteiger partial charge in [-0.05, 0) is 35.4 Å². The molecule has 3 aromatic carbocycles. The number of rotatable bonds is 8. The van der Waals surface area contributed by atoms with Gasteiger partial charge >= 0.3 is 0 Å². The highest BCUT2D eigenvalue weighted by Gasteiger charge is 2.13. The van der Waals surface area contributed by atoms with Crippen molar-refractivity contribution in [2.45, 2.75) is 13.2 Å². The third-order valence-electron chi connectivity index (χ3n) is 4.56. The van der Waals surface area contributed by atoms with Gasteiger partial charge in [0.05, 0.1) is 15.2 Å². The second kappa shape index (κ2) is 9.27. The lowest BCUT2D eigenvalue weighted by molar-refractivity contribution is 0.306. The third kappa shape index (κ3) is 4.88. The Morgan fingerprint density at radius 1 is 0.966 bits per heavy atom. The lowest BCUT2D eigenvalue weighted by atomic mass is 10.2. The predicted molar refractivity (Wildman–Crippen MR) is 122 cm³/mol. The second-order valence-corrected chi connectivity index (χ2v) is 8.13. The Hall–Kier alpha value is -2.60. The Morgan fingerprint density at radius 2 is 1.76 bits per heavy atom. The Labute approximate surface area is 179 Å². The predicted octanol–water partition coefficient (Wildman–Crippen LogP) is 5.49. The van der Waals surface area contributed by atoms with Gasteiger partial charge in [-0.25, -0.2) is 4.98 Å². The van der Waals surface area contributed by atoms with Gasteiger partial charge in [0.15, 0.2) is 5.13 Å². The monoisotopic (exact) mass is 423 g/mol. The van der Waals surface area contributed by atoms with Crippen molar-refractivity contribution < 1.29 is 4.74 Å². The fourth-order valence-corrected chi connectivity index (χ4v) is 4.36. The van der Waals surface area contributed by atoms with Gasteiger partial charge in [0.1, 0.15) is 12.4 Å². The molecule has 0 aliphatic carbocycles. The number of nitrogens with two attached hydrogens (primary N) is 1. The first-order valence-corrected chi connectivity index (χ1v) is 10.7. The summed E-state index contributed by atoms with van der Waals surface area (Å²) in [5.74, 6) is 0.685. The number of ether oxygens (including phenoxy) is 1. The van der Waals surface area contributed by atoms with E-state index in [0.29, 0.717) is 30.5 Å². The van der Waals surface area contributed by atoms with Gasteiger partial charge in [0.2, 0.25) is 0 Å². The number of fused-ring (bicyclic) bond motifs is 1. The maximum Gasteiger partial charge on any atom is 0.186 e. The summed E-state index contributed by atoms with van der Waals surface area (Å²) in [5.41, 5.74) is 9.07. The number of hydrogen-bond acceptors (Lipinski definition) is 5. The summed E-state index contributed by atoms with van der Waals surface area (Å²) in [4.78, 5) is 6.96. The van der Waals surface area contributed by atoms with Crippen molar-refractivity contribution in [2.24, 2.45) is 5.73 Å². The van der Waals surface area contributed by atoms with Gasteiger partial charge in [0, 0.05) is 19.6 Å².